The molecule has 1 unspecified atom stereocenters. The van der Waals surface area contributed by atoms with Gasteiger partial charge in [0.15, 0.2) is 0 Å². The van der Waals surface area contributed by atoms with E-state index in [0.717, 1.165) is 38.0 Å². The summed E-state index contributed by atoms with van der Waals surface area (Å²) in [6.45, 7) is 5.00. The van der Waals surface area contributed by atoms with Crippen LogP contribution in [0.25, 0.3) is 0 Å². The number of benzene rings is 1. The molecule has 0 aliphatic carbocycles. The van der Waals surface area contributed by atoms with Crippen molar-refractivity contribution in [3.63, 3.8) is 0 Å². The molecule has 2 aromatic rings. The van der Waals surface area contributed by atoms with Crippen molar-refractivity contribution < 1.29 is 9.59 Å². The summed E-state index contributed by atoms with van der Waals surface area (Å²) in [5, 5.41) is 2.11. The maximum absolute atomic E-state index is 13.1. The fourth-order valence-corrected chi connectivity index (χ4v) is 5.02. The summed E-state index contributed by atoms with van der Waals surface area (Å²) < 4.78 is 0. The average Bonchev–Trinajstić information content (AvgIpc) is 3.23. The molecule has 2 N–H and O–H groups in total. The summed E-state index contributed by atoms with van der Waals surface area (Å²) in [4.78, 5) is 30.6. The predicted molar refractivity (Wildman–Crippen MR) is 102 cm³/mol. The summed E-state index contributed by atoms with van der Waals surface area (Å²) in [7, 11) is 0. The van der Waals surface area contributed by atoms with E-state index in [1.54, 1.807) is 17.4 Å². The van der Waals surface area contributed by atoms with Crippen LogP contribution in [0.4, 0.5) is 0 Å². The van der Waals surface area contributed by atoms with E-state index in [2.05, 4.69) is 22.4 Å². The number of likely N-dealkylation sites (tertiary alicyclic amines) is 1. The highest BCUT2D eigenvalue weighted by molar-refractivity contribution is 7.09. The Bertz CT molecular complexity index is 826. The van der Waals surface area contributed by atoms with Crippen LogP contribution in [-0.4, -0.2) is 40.7 Å². The van der Waals surface area contributed by atoms with Crippen LogP contribution >= 0.6 is 11.3 Å². The van der Waals surface area contributed by atoms with Gasteiger partial charge in [0.05, 0.1) is 17.2 Å². The topological polar surface area (TPSA) is 66.6 Å². The second-order valence-corrected chi connectivity index (χ2v) is 8.14. The van der Waals surface area contributed by atoms with Gasteiger partial charge in [-0.3, -0.25) is 14.5 Å². The van der Waals surface area contributed by atoms with Gasteiger partial charge in [-0.25, -0.2) is 0 Å². The number of thiophene rings is 1. The minimum atomic E-state index is -0.532. The van der Waals surface area contributed by atoms with Crippen molar-refractivity contribution in [1.29, 1.82) is 0 Å². The summed E-state index contributed by atoms with van der Waals surface area (Å²) in [6.07, 6.45) is 1.92. The number of rotatable bonds is 4. The monoisotopic (exact) mass is 369 g/mol. The molecule has 5 nitrogen and oxygen atoms in total. The Morgan fingerprint density at radius 3 is 2.65 bits per heavy atom. The van der Waals surface area contributed by atoms with E-state index in [0.29, 0.717) is 11.1 Å². The summed E-state index contributed by atoms with van der Waals surface area (Å²) >= 11 is 1.79. The number of piperidine rings is 1. The Balaban J connectivity index is 1.48. The molecule has 3 heterocycles. The first kappa shape index (κ1) is 17.2. The number of primary amides is 1. The van der Waals surface area contributed by atoms with Crippen LogP contribution in [0.15, 0.2) is 35.7 Å². The van der Waals surface area contributed by atoms with E-state index in [1.165, 1.54) is 4.88 Å². The van der Waals surface area contributed by atoms with E-state index in [4.69, 9.17) is 5.73 Å². The van der Waals surface area contributed by atoms with Gasteiger partial charge < -0.3 is 10.6 Å². The largest absolute Gasteiger partial charge is 0.366 e. The average molecular weight is 369 g/mol. The van der Waals surface area contributed by atoms with Crippen LogP contribution in [0.3, 0.4) is 0 Å². The number of nitrogens with zero attached hydrogens (tertiary/aromatic N) is 2. The second-order valence-electron chi connectivity index (χ2n) is 7.11. The van der Waals surface area contributed by atoms with Gasteiger partial charge in [0, 0.05) is 30.6 Å². The number of carbonyl (C=O) groups excluding carboxylic acids is 2. The number of nitrogens with two attached hydrogens (primary N) is 1. The zero-order chi connectivity index (χ0) is 18.3. The van der Waals surface area contributed by atoms with Gasteiger partial charge in [0.2, 0.25) is 5.91 Å². The maximum Gasteiger partial charge on any atom is 0.255 e. The molecule has 1 atom stereocenters. The van der Waals surface area contributed by atoms with E-state index < -0.39 is 5.91 Å². The van der Waals surface area contributed by atoms with Gasteiger partial charge in [-0.15, -0.1) is 11.3 Å². The number of fused-ring (bicyclic) bond motifs is 1. The number of hydrogen-bond donors (Lipinski definition) is 1. The molecule has 4 rings (SSSR count). The first-order valence-electron chi connectivity index (χ1n) is 9.06. The molecular weight excluding hydrogens is 346 g/mol. The molecule has 6 heteroatoms. The van der Waals surface area contributed by atoms with Gasteiger partial charge in [0.25, 0.3) is 5.91 Å². The van der Waals surface area contributed by atoms with E-state index >= 15 is 0 Å². The van der Waals surface area contributed by atoms with Crippen molar-refractivity contribution in [3.8, 4) is 0 Å². The van der Waals surface area contributed by atoms with Crippen molar-refractivity contribution >= 4 is 23.2 Å². The minimum Gasteiger partial charge on any atom is -0.366 e. The Labute approximate surface area is 157 Å². The molecule has 136 valence electrons. The number of amides is 2. The van der Waals surface area contributed by atoms with E-state index in [-0.39, 0.29) is 18.0 Å². The summed E-state index contributed by atoms with van der Waals surface area (Å²) in [5.74, 6) is -0.575. The van der Waals surface area contributed by atoms with Gasteiger partial charge in [-0.1, -0.05) is 18.2 Å². The lowest BCUT2D eigenvalue weighted by Gasteiger charge is -2.38. The quantitative estimate of drug-likeness (QED) is 0.901. The molecule has 0 bridgehead atoms. The van der Waals surface area contributed by atoms with Crippen molar-refractivity contribution in [1.82, 2.24) is 9.80 Å². The summed E-state index contributed by atoms with van der Waals surface area (Å²) in [5.41, 5.74) is 7.26. The fourth-order valence-electron chi connectivity index (χ4n) is 4.28. The molecule has 0 saturated carbocycles. The molecule has 2 aliphatic heterocycles. The van der Waals surface area contributed by atoms with E-state index in [9.17, 15) is 9.59 Å². The highest BCUT2D eigenvalue weighted by atomic mass is 32.1. The standard InChI is InChI=1S/C20H23N3O2S/c1-13-16-5-2-6-17(19(21)24)18(16)20(25)23(13)14-7-9-22(10-8-14)12-15-4-3-11-26-15/h2-6,11,13-14H,7-10,12H2,1H3,(H2,21,24). The van der Waals surface area contributed by atoms with Crippen molar-refractivity contribution in [3.05, 3.63) is 57.3 Å². The van der Waals surface area contributed by atoms with Crippen molar-refractivity contribution in [2.45, 2.75) is 38.4 Å². The van der Waals surface area contributed by atoms with Crippen LogP contribution in [0.2, 0.25) is 0 Å². The molecule has 1 saturated heterocycles. The lowest BCUT2D eigenvalue weighted by atomic mass is 9.99. The molecule has 2 amide bonds. The minimum absolute atomic E-state index is 0.00866. The first-order chi connectivity index (χ1) is 12.6. The zero-order valence-electron chi connectivity index (χ0n) is 14.9. The van der Waals surface area contributed by atoms with Gasteiger partial charge in [-0.2, -0.15) is 0 Å². The number of carbonyl (C=O) groups is 2. The molecule has 1 fully saturated rings. The third kappa shape index (κ3) is 2.93. The fraction of sp³-hybridized carbons (Fsp3) is 0.400. The highest BCUT2D eigenvalue weighted by Crippen LogP contribution is 2.38. The Hall–Kier alpha value is -2.18. The Morgan fingerprint density at radius 1 is 1.23 bits per heavy atom. The second kappa shape index (κ2) is 6.85. The van der Waals surface area contributed by atoms with Crippen LogP contribution in [0.5, 0.6) is 0 Å². The lowest BCUT2D eigenvalue weighted by molar-refractivity contribution is 0.0511. The van der Waals surface area contributed by atoms with E-state index in [1.807, 2.05) is 24.0 Å². The zero-order valence-corrected chi connectivity index (χ0v) is 15.7. The maximum atomic E-state index is 13.1. The lowest BCUT2D eigenvalue weighted by Crippen LogP contribution is -2.45. The molecule has 1 aromatic heterocycles. The van der Waals surface area contributed by atoms with Crippen LogP contribution in [0, 0.1) is 0 Å². The van der Waals surface area contributed by atoms with Crippen LogP contribution in [-0.2, 0) is 6.54 Å². The smallest absolute Gasteiger partial charge is 0.255 e. The summed E-state index contributed by atoms with van der Waals surface area (Å²) in [6, 6.07) is 9.87. The first-order valence-corrected chi connectivity index (χ1v) is 9.94. The highest BCUT2D eigenvalue weighted by Gasteiger charge is 2.41. The third-order valence-corrected chi connectivity index (χ3v) is 6.45. The van der Waals surface area contributed by atoms with Gasteiger partial charge in [-0.05, 0) is 42.8 Å². The molecular formula is C20H23N3O2S. The SMILES string of the molecule is CC1c2cccc(C(N)=O)c2C(=O)N1C1CCN(Cc2cccs2)CC1. The molecule has 1 aromatic carbocycles. The van der Waals surface area contributed by atoms with Crippen molar-refractivity contribution in [2.75, 3.05) is 13.1 Å². The normalized spacial score (nSPS) is 21.2. The van der Waals surface area contributed by atoms with Gasteiger partial charge in [0.1, 0.15) is 0 Å². The predicted octanol–water partition coefficient (Wildman–Crippen LogP) is 3.03. The molecule has 26 heavy (non-hydrogen) atoms. The molecule has 2 aliphatic rings. The van der Waals surface area contributed by atoms with Crippen molar-refractivity contribution in [2.24, 2.45) is 5.73 Å². The third-order valence-electron chi connectivity index (χ3n) is 5.59. The molecule has 0 spiro atoms. The number of hydrogen-bond acceptors (Lipinski definition) is 4. The Kier molecular flexibility index (Phi) is 4.54. The van der Waals surface area contributed by atoms with Crippen LogP contribution < -0.4 is 5.73 Å². The Morgan fingerprint density at radius 2 is 2.00 bits per heavy atom. The van der Waals surface area contributed by atoms with Crippen LogP contribution in [0.1, 0.15) is 57.0 Å². The van der Waals surface area contributed by atoms with Gasteiger partial charge >= 0.3 is 0 Å². The molecule has 0 radical (unpaired) electrons.